The Hall–Kier alpha value is -1.92. The van der Waals surface area contributed by atoms with Crippen LogP contribution in [-0.2, 0) is 13.0 Å². The lowest BCUT2D eigenvalue weighted by Gasteiger charge is -2.26. The number of rotatable bonds is 8. The Kier molecular flexibility index (Phi) is 7.40. The summed E-state index contributed by atoms with van der Waals surface area (Å²) < 4.78 is 0. The quantitative estimate of drug-likeness (QED) is 0.787. The number of carbonyl (C=O) groups is 1. The maximum Gasteiger partial charge on any atom is 0.317 e. The summed E-state index contributed by atoms with van der Waals surface area (Å²) in [5, 5.41) is 7.26. The Balaban J connectivity index is 1.96. The van der Waals surface area contributed by atoms with Crippen LogP contribution in [0.25, 0.3) is 0 Å². The van der Waals surface area contributed by atoms with Crippen molar-refractivity contribution in [1.29, 1.82) is 0 Å². The largest absolute Gasteiger partial charge is 0.335 e. The highest BCUT2D eigenvalue weighted by atomic mass is 32.1. The Labute approximate surface area is 154 Å². The maximum absolute atomic E-state index is 12.7. The minimum absolute atomic E-state index is 0.0193. The normalized spacial score (nSPS) is 12.2. The third kappa shape index (κ3) is 6.48. The number of aryl methyl sites for hydroxylation is 1. The number of thiophene rings is 1. The van der Waals surface area contributed by atoms with E-state index in [0.717, 1.165) is 24.2 Å². The molecule has 0 fully saturated rings. The fraction of sp³-hybridized carbons (Fsp3) is 0.474. The van der Waals surface area contributed by atoms with E-state index >= 15 is 0 Å². The molecule has 0 radical (unpaired) electrons. The number of nitrogens with one attached hydrogen (secondary N) is 1. The minimum Gasteiger partial charge on any atom is -0.335 e. The molecular formula is C19H28N4OS. The monoisotopic (exact) mass is 360 g/mol. The van der Waals surface area contributed by atoms with Gasteiger partial charge in [0.25, 0.3) is 0 Å². The first kappa shape index (κ1) is 19.4. The molecule has 2 aromatic heterocycles. The zero-order chi connectivity index (χ0) is 18.2. The van der Waals surface area contributed by atoms with Crippen LogP contribution in [-0.4, -0.2) is 54.0 Å². The third-order valence-electron chi connectivity index (χ3n) is 4.05. The highest BCUT2D eigenvalue weighted by Gasteiger charge is 2.17. The van der Waals surface area contributed by atoms with E-state index < -0.39 is 0 Å². The van der Waals surface area contributed by atoms with Crippen molar-refractivity contribution in [3.63, 3.8) is 0 Å². The molecule has 0 saturated carbocycles. The summed E-state index contributed by atoms with van der Waals surface area (Å²) in [6, 6.07) is 6.07. The van der Waals surface area contributed by atoms with Crippen molar-refractivity contribution in [3.8, 4) is 0 Å². The van der Waals surface area contributed by atoms with Crippen molar-refractivity contribution in [3.05, 3.63) is 52.0 Å². The molecule has 0 spiro atoms. The molecular weight excluding hydrogens is 332 g/mol. The van der Waals surface area contributed by atoms with Crippen LogP contribution in [0.1, 0.15) is 23.7 Å². The van der Waals surface area contributed by atoms with E-state index in [1.54, 1.807) is 17.5 Å². The van der Waals surface area contributed by atoms with Gasteiger partial charge >= 0.3 is 6.03 Å². The van der Waals surface area contributed by atoms with E-state index in [1.165, 1.54) is 5.56 Å². The van der Waals surface area contributed by atoms with Crippen molar-refractivity contribution >= 4 is 17.4 Å². The van der Waals surface area contributed by atoms with Gasteiger partial charge in [0.2, 0.25) is 0 Å². The van der Waals surface area contributed by atoms with Gasteiger partial charge in [-0.3, -0.25) is 4.98 Å². The van der Waals surface area contributed by atoms with Crippen LogP contribution in [0, 0.1) is 6.92 Å². The van der Waals surface area contributed by atoms with Crippen LogP contribution in [0.3, 0.4) is 0 Å². The molecule has 0 saturated heterocycles. The second-order valence-electron chi connectivity index (χ2n) is 6.68. The lowest BCUT2D eigenvalue weighted by Crippen LogP contribution is -2.46. The van der Waals surface area contributed by atoms with E-state index in [0.29, 0.717) is 13.1 Å². The first-order valence-corrected chi connectivity index (χ1v) is 9.51. The van der Waals surface area contributed by atoms with E-state index in [1.807, 2.05) is 37.4 Å². The summed E-state index contributed by atoms with van der Waals surface area (Å²) in [6.45, 7) is 6.26. The van der Waals surface area contributed by atoms with Crippen LogP contribution < -0.4 is 5.32 Å². The van der Waals surface area contributed by atoms with Crippen molar-refractivity contribution in [2.24, 2.45) is 0 Å². The van der Waals surface area contributed by atoms with Gasteiger partial charge in [0.05, 0.1) is 0 Å². The van der Waals surface area contributed by atoms with E-state index in [2.05, 4.69) is 39.6 Å². The molecule has 0 aliphatic rings. The van der Waals surface area contributed by atoms with E-state index in [9.17, 15) is 4.79 Å². The average molecular weight is 361 g/mol. The summed E-state index contributed by atoms with van der Waals surface area (Å²) in [5.74, 6) is 0. The summed E-state index contributed by atoms with van der Waals surface area (Å²) in [4.78, 5) is 21.1. The number of likely N-dealkylation sites (N-methyl/N-ethyl adjacent to an activating group) is 1. The number of carbonyl (C=O) groups excluding carboxylic acids is 1. The van der Waals surface area contributed by atoms with Crippen LogP contribution in [0.15, 0.2) is 35.2 Å². The van der Waals surface area contributed by atoms with Crippen molar-refractivity contribution < 1.29 is 4.79 Å². The second-order valence-corrected chi connectivity index (χ2v) is 7.46. The zero-order valence-electron chi connectivity index (χ0n) is 15.5. The van der Waals surface area contributed by atoms with Gasteiger partial charge in [-0.05, 0) is 62.0 Å². The molecule has 25 heavy (non-hydrogen) atoms. The first-order chi connectivity index (χ1) is 12.0. The van der Waals surface area contributed by atoms with Crippen LogP contribution in [0.2, 0.25) is 0 Å². The predicted molar refractivity (Wildman–Crippen MR) is 104 cm³/mol. The third-order valence-corrected chi connectivity index (χ3v) is 4.78. The molecule has 0 unspecified atom stereocenters. The lowest BCUT2D eigenvalue weighted by atomic mass is 10.1. The highest BCUT2D eigenvalue weighted by Crippen LogP contribution is 2.11. The summed E-state index contributed by atoms with van der Waals surface area (Å²) in [7, 11) is 4.04. The van der Waals surface area contributed by atoms with Gasteiger partial charge in [0, 0.05) is 44.0 Å². The Morgan fingerprint density at radius 1 is 1.32 bits per heavy atom. The summed E-state index contributed by atoms with van der Waals surface area (Å²) in [5.41, 5.74) is 3.37. The first-order valence-electron chi connectivity index (χ1n) is 8.57. The van der Waals surface area contributed by atoms with Crippen molar-refractivity contribution in [2.45, 2.75) is 32.9 Å². The molecule has 2 rings (SSSR count). The topological polar surface area (TPSA) is 48.5 Å². The Morgan fingerprint density at radius 2 is 2.12 bits per heavy atom. The molecule has 0 aliphatic heterocycles. The molecule has 2 heterocycles. The average Bonchev–Trinajstić information content (AvgIpc) is 3.06. The molecule has 0 aromatic carbocycles. The molecule has 5 nitrogen and oxygen atoms in total. The van der Waals surface area contributed by atoms with Crippen molar-refractivity contribution in [1.82, 2.24) is 20.1 Å². The Morgan fingerprint density at radius 3 is 2.76 bits per heavy atom. The Bertz CT molecular complexity index is 657. The number of pyridine rings is 1. The second kappa shape index (κ2) is 9.53. The smallest absolute Gasteiger partial charge is 0.317 e. The maximum atomic E-state index is 12.7. The number of hydrogen-bond acceptors (Lipinski definition) is 4. The van der Waals surface area contributed by atoms with Crippen LogP contribution in [0.4, 0.5) is 4.79 Å². The number of hydrogen-bond donors (Lipinski definition) is 1. The number of amides is 2. The SMILES string of the molecule is Cc1cccnc1C[C@@H](C)NC(=O)N(CCN(C)C)Cc1ccsc1. The predicted octanol–water partition coefficient (Wildman–Crippen LogP) is 3.16. The molecule has 136 valence electrons. The summed E-state index contributed by atoms with van der Waals surface area (Å²) in [6.07, 6.45) is 2.54. The van der Waals surface area contributed by atoms with E-state index in [4.69, 9.17) is 0 Å². The minimum atomic E-state index is -0.0193. The molecule has 2 amide bonds. The summed E-state index contributed by atoms with van der Waals surface area (Å²) >= 11 is 1.66. The van der Waals surface area contributed by atoms with Crippen LogP contribution >= 0.6 is 11.3 Å². The molecule has 1 N–H and O–H groups in total. The zero-order valence-corrected chi connectivity index (χ0v) is 16.3. The molecule has 0 aliphatic carbocycles. The van der Waals surface area contributed by atoms with Gasteiger partial charge in [0.15, 0.2) is 0 Å². The van der Waals surface area contributed by atoms with Gasteiger partial charge in [-0.15, -0.1) is 0 Å². The van der Waals surface area contributed by atoms with Gasteiger partial charge < -0.3 is 15.1 Å². The van der Waals surface area contributed by atoms with Gasteiger partial charge in [0.1, 0.15) is 0 Å². The number of nitrogens with zero attached hydrogens (tertiary/aromatic N) is 3. The van der Waals surface area contributed by atoms with E-state index in [-0.39, 0.29) is 12.1 Å². The fourth-order valence-electron chi connectivity index (χ4n) is 2.55. The number of urea groups is 1. The standard InChI is InChI=1S/C19H28N4OS/c1-15-6-5-8-20-18(15)12-16(2)21-19(24)23(10-9-22(3)4)13-17-7-11-25-14-17/h5-8,11,14,16H,9-10,12-13H2,1-4H3,(H,21,24)/t16-/m1/s1. The van der Waals surface area contributed by atoms with Crippen molar-refractivity contribution in [2.75, 3.05) is 27.2 Å². The molecule has 1 atom stereocenters. The fourth-order valence-corrected chi connectivity index (χ4v) is 3.21. The highest BCUT2D eigenvalue weighted by molar-refractivity contribution is 7.07. The van der Waals surface area contributed by atoms with Gasteiger partial charge in [-0.2, -0.15) is 11.3 Å². The molecule has 6 heteroatoms. The van der Waals surface area contributed by atoms with Crippen LogP contribution in [0.5, 0.6) is 0 Å². The molecule has 0 bridgehead atoms. The number of aromatic nitrogens is 1. The molecule has 2 aromatic rings. The van der Waals surface area contributed by atoms with Gasteiger partial charge in [-0.1, -0.05) is 6.07 Å². The van der Waals surface area contributed by atoms with Gasteiger partial charge in [-0.25, -0.2) is 4.79 Å². The lowest BCUT2D eigenvalue weighted by molar-refractivity contribution is 0.185.